The van der Waals surface area contributed by atoms with E-state index in [1.165, 1.54) is 0 Å². The lowest BCUT2D eigenvalue weighted by atomic mass is 10.1. The fraction of sp³-hybridized carbons (Fsp3) is 0.316. The number of aryl methyl sites for hydroxylation is 1. The third-order valence-corrected chi connectivity index (χ3v) is 3.74. The molecule has 130 valence electrons. The Bertz CT molecular complexity index is 647. The third kappa shape index (κ3) is 5.64. The SMILES string of the molecule is Cc1cccc(C(O)CN(Cc2ccccc2)C(=O)C(C)N)c1.Cl. The van der Waals surface area contributed by atoms with Crippen molar-refractivity contribution in [3.63, 3.8) is 0 Å². The molecule has 2 aromatic carbocycles. The summed E-state index contributed by atoms with van der Waals surface area (Å²) in [6.45, 7) is 4.30. The maximum Gasteiger partial charge on any atom is 0.239 e. The third-order valence-electron chi connectivity index (χ3n) is 3.74. The van der Waals surface area contributed by atoms with E-state index in [1.54, 1.807) is 11.8 Å². The summed E-state index contributed by atoms with van der Waals surface area (Å²) in [6, 6.07) is 16.8. The molecule has 0 spiro atoms. The van der Waals surface area contributed by atoms with Crippen LogP contribution in [0.5, 0.6) is 0 Å². The second-order valence-electron chi connectivity index (χ2n) is 5.92. The molecule has 2 rings (SSSR count). The summed E-state index contributed by atoms with van der Waals surface area (Å²) >= 11 is 0. The van der Waals surface area contributed by atoms with E-state index in [1.807, 2.05) is 61.5 Å². The summed E-state index contributed by atoms with van der Waals surface area (Å²) < 4.78 is 0. The number of amides is 1. The highest BCUT2D eigenvalue weighted by Gasteiger charge is 2.21. The standard InChI is InChI=1S/C19H24N2O2.ClH/c1-14-7-6-10-17(11-14)18(22)13-21(19(23)15(2)20)12-16-8-4-3-5-9-16;/h3-11,15,18,22H,12-13,20H2,1-2H3;1H. The Balaban J connectivity index is 0.00000288. The van der Waals surface area contributed by atoms with Gasteiger partial charge in [0.25, 0.3) is 0 Å². The summed E-state index contributed by atoms with van der Waals surface area (Å²) in [5, 5.41) is 10.5. The van der Waals surface area contributed by atoms with Crippen molar-refractivity contribution in [3.05, 3.63) is 71.3 Å². The van der Waals surface area contributed by atoms with Crippen molar-refractivity contribution in [2.75, 3.05) is 6.54 Å². The molecular formula is C19H25ClN2O2. The highest BCUT2D eigenvalue weighted by atomic mass is 35.5. The van der Waals surface area contributed by atoms with Gasteiger partial charge in [0.05, 0.1) is 18.7 Å². The Hall–Kier alpha value is -1.88. The van der Waals surface area contributed by atoms with Gasteiger partial charge in [0.15, 0.2) is 0 Å². The number of hydrogen-bond donors (Lipinski definition) is 2. The van der Waals surface area contributed by atoms with Gasteiger partial charge in [-0.1, -0.05) is 60.2 Å². The lowest BCUT2D eigenvalue weighted by Gasteiger charge is -2.27. The Morgan fingerprint density at radius 1 is 1.17 bits per heavy atom. The summed E-state index contributed by atoms with van der Waals surface area (Å²) in [5.41, 5.74) is 8.65. The van der Waals surface area contributed by atoms with E-state index in [0.717, 1.165) is 16.7 Å². The molecule has 0 heterocycles. The minimum atomic E-state index is -0.735. The van der Waals surface area contributed by atoms with Crippen molar-refractivity contribution in [2.45, 2.75) is 32.5 Å². The van der Waals surface area contributed by atoms with E-state index < -0.39 is 12.1 Å². The molecule has 0 aromatic heterocycles. The van der Waals surface area contributed by atoms with Gasteiger partial charge >= 0.3 is 0 Å². The molecule has 0 aliphatic heterocycles. The fourth-order valence-corrected chi connectivity index (χ4v) is 2.52. The van der Waals surface area contributed by atoms with Crippen molar-refractivity contribution in [3.8, 4) is 0 Å². The van der Waals surface area contributed by atoms with E-state index >= 15 is 0 Å². The quantitative estimate of drug-likeness (QED) is 0.843. The van der Waals surface area contributed by atoms with Gasteiger partial charge in [-0.05, 0) is 25.0 Å². The molecule has 0 saturated heterocycles. The molecule has 2 aromatic rings. The average molecular weight is 349 g/mol. The number of aliphatic hydroxyl groups excluding tert-OH is 1. The average Bonchev–Trinajstić information content (AvgIpc) is 2.54. The van der Waals surface area contributed by atoms with Crippen LogP contribution < -0.4 is 5.73 Å². The molecular weight excluding hydrogens is 324 g/mol. The fourth-order valence-electron chi connectivity index (χ4n) is 2.52. The van der Waals surface area contributed by atoms with Gasteiger partial charge in [-0.2, -0.15) is 0 Å². The number of aliphatic hydroxyl groups is 1. The van der Waals surface area contributed by atoms with Crippen LogP contribution in [0.25, 0.3) is 0 Å². The van der Waals surface area contributed by atoms with Crippen LogP contribution in [-0.4, -0.2) is 28.5 Å². The van der Waals surface area contributed by atoms with Crippen LogP contribution in [0.2, 0.25) is 0 Å². The molecule has 24 heavy (non-hydrogen) atoms. The summed E-state index contributed by atoms with van der Waals surface area (Å²) in [6.07, 6.45) is -0.735. The van der Waals surface area contributed by atoms with Crippen LogP contribution in [0.1, 0.15) is 29.7 Å². The van der Waals surface area contributed by atoms with Crippen molar-refractivity contribution >= 4 is 18.3 Å². The number of rotatable bonds is 6. The first-order chi connectivity index (χ1) is 11.0. The predicted octanol–water partition coefficient (Wildman–Crippen LogP) is 2.83. The number of benzene rings is 2. The van der Waals surface area contributed by atoms with Crippen LogP contribution in [0, 0.1) is 6.92 Å². The molecule has 0 saturated carbocycles. The molecule has 2 unspecified atom stereocenters. The minimum absolute atomic E-state index is 0. The summed E-state index contributed by atoms with van der Waals surface area (Å²) in [5.74, 6) is -0.166. The van der Waals surface area contributed by atoms with Gasteiger partial charge in [-0.3, -0.25) is 4.79 Å². The number of carbonyl (C=O) groups excluding carboxylic acids is 1. The van der Waals surface area contributed by atoms with Crippen LogP contribution >= 0.6 is 12.4 Å². The highest BCUT2D eigenvalue weighted by molar-refractivity contribution is 5.85. The van der Waals surface area contributed by atoms with E-state index in [9.17, 15) is 9.90 Å². The van der Waals surface area contributed by atoms with Gasteiger partial charge in [0.1, 0.15) is 0 Å². The van der Waals surface area contributed by atoms with E-state index in [2.05, 4.69) is 0 Å². The summed E-state index contributed by atoms with van der Waals surface area (Å²) in [7, 11) is 0. The first kappa shape index (κ1) is 20.2. The molecule has 1 amide bonds. The number of hydrogen-bond acceptors (Lipinski definition) is 3. The lowest BCUT2D eigenvalue weighted by Crippen LogP contribution is -2.43. The number of carbonyl (C=O) groups is 1. The Labute approximate surface area is 149 Å². The van der Waals surface area contributed by atoms with Crippen molar-refractivity contribution in [1.29, 1.82) is 0 Å². The van der Waals surface area contributed by atoms with Gasteiger partial charge in [0, 0.05) is 6.54 Å². The molecule has 2 atom stereocenters. The molecule has 5 heteroatoms. The van der Waals surface area contributed by atoms with Gasteiger partial charge < -0.3 is 15.7 Å². The first-order valence-electron chi connectivity index (χ1n) is 7.80. The maximum atomic E-state index is 12.4. The monoisotopic (exact) mass is 348 g/mol. The zero-order valence-corrected chi connectivity index (χ0v) is 14.9. The first-order valence-corrected chi connectivity index (χ1v) is 7.80. The lowest BCUT2D eigenvalue weighted by molar-refractivity contribution is -0.134. The highest BCUT2D eigenvalue weighted by Crippen LogP contribution is 2.17. The number of halogens is 1. The van der Waals surface area contributed by atoms with Crippen molar-refractivity contribution < 1.29 is 9.90 Å². The van der Waals surface area contributed by atoms with E-state index in [0.29, 0.717) is 6.54 Å². The van der Waals surface area contributed by atoms with Crippen LogP contribution in [0.3, 0.4) is 0 Å². The zero-order chi connectivity index (χ0) is 16.8. The molecule has 4 nitrogen and oxygen atoms in total. The molecule has 0 aliphatic carbocycles. The van der Waals surface area contributed by atoms with Crippen molar-refractivity contribution in [2.24, 2.45) is 5.73 Å². The number of nitrogens with zero attached hydrogens (tertiary/aromatic N) is 1. The largest absolute Gasteiger partial charge is 0.387 e. The second-order valence-corrected chi connectivity index (χ2v) is 5.92. The van der Waals surface area contributed by atoms with Gasteiger partial charge in [-0.25, -0.2) is 0 Å². The Kier molecular flexibility index (Phi) is 7.92. The molecule has 3 N–H and O–H groups in total. The number of nitrogens with two attached hydrogens (primary N) is 1. The van der Waals surface area contributed by atoms with Crippen LogP contribution in [0.4, 0.5) is 0 Å². The topological polar surface area (TPSA) is 66.6 Å². The molecule has 0 bridgehead atoms. The van der Waals surface area contributed by atoms with E-state index in [-0.39, 0.29) is 24.9 Å². The van der Waals surface area contributed by atoms with E-state index in [4.69, 9.17) is 5.73 Å². The second kappa shape index (κ2) is 9.42. The normalized spacial score (nSPS) is 12.8. The zero-order valence-electron chi connectivity index (χ0n) is 14.1. The van der Waals surface area contributed by atoms with Crippen LogP contribution in [0.15, 0.2) is 54.6 Å². The predicted molar refractivity (Wildman–Crippen MR) is 98.9 cm³/mol. The maximum absolute atomic E-state index is 12.4. The minimum Gasteiger partial charge on any atom is -0.387 e. The van der Waals surface area contributed by atoms with Crippen LogP contribution in [-0.2, 0) is 11.3 Å². The molecule has 0 aliphatic rings. The smallest absolute Gasteiger partial charge is 0.239 e. The molecule has 0 radical (unpaired) electrons. The summed E-state index contributed by atoms with van der Waals surface area (Å²) in [4.78, 5) is 14.0. The van der Waals surface area contributed by atoms with Crippen molar-refractivity contribution in [1.82, 2.24) is 4.90 Å². The Morgan fingerprint density at radius 2 is 1.83 bits per heavy atom. The van der Waals surface area contributed by atoms with Gasteiger partial charge in [-0.15, -0.1) is 12.4 Å². The van der Waals surface area contributed by atoms with Gasteiger partial charge in [0.2, 0.25) is 5.91 Å². The molecule has 0 fully saturated rings. The Morgan fingerprint density at radius 3 is 2.42 bits per heavy atom.